The monoisotopic (exact) mass is 270 g/mol. The number of hydrogen-bond acceptors (Lipinski definition) is 4. The predicted molar refractivity (Wildman–Crippen MR) is 73.4 cm³/mol. The molecule has 1 unspecified atom stereocenters. The molecule has 5 heteroatoms. The van der Waals surface area contributed by atoms with Crippen LogP contribution >= 0.6 is 0 Å². The van der Waals surface area contributed by atoms with Crippen molar-refractivity contribution in [2.24, 2.45) is 5.41 Å². The molecule has 1 atom stereocenters. The maximum Gasteiger partial charge on any atom is 0.240 e. The number of nitriles is 1. The van der Waals surface area contributed by atoms with Gasteiger partial charge in [-0.3, -0.25) is 4.79 Å². The minimum atomic E-state index is -0.921. The fourth-order valence-electron chi connectivity index (χ4n) is 2.17. The molecule has 0 spiro atoms. The third kappa shape index (κ3) is 6.04. The third-order valence-electron chi connectivity index (χ3n) is 3.12. The fraction of sp³-hybridized carbons (Fsp3) is 0.857. The quantitative estimate of drug-likeness (QED) is 0.632. The van der Waals surface area contributed by atoms with E-state index in [-0.39, 0.29) is 12.5 Å². The van der Waals surface area contributed by atoms with Crippen molar-refractivity contribution in [1.29, 1.82) is 5.26 Å². The Morgan fingerprint density at radius 3 is 2.42 bits per heavy atom. The van der Waals surface area contributed by atoms with Crippen molar-refractivity contribution in [1.82, 2.24) is 5.32 Å². The molecule has 0 saturated heterocycles. The van der Waals surface area contributed by atoms with Crippen molar-refractivity contribution in [3.05, 3.63) is 0 Å². The van der Waals surface area contributed by atoms with Gasteiger partial charge in [0.1, 0.15) is 5.41 Å². The lowest BCUT2D eigenvalue weighted by atomic mass is 9.80. The summed E-state index contributed by atoms with van der Waals surface area (Å²) in [4.78, 5) is 12.2. The van der Waals surface area contributed by atoms with Crippen LogP contribution < -0.4 is 5.32 Å². The van der Waals surface area contributed by atoms with E-state index in [1.54, 1.807) is 0 Å². The molecule has 5 nitrogen and oxygen atoms in total. The summed E-state index contributed by atoms with van der Waals surface area (Å²) < 4.78 is 4.81. The number of methoxy groups -OCH3 is 1. The standard InChI is InChI=1S/C14H26N2O3/c1-4-7-14(11-15,8-5-2)13(18)16-9-6-12(17)10-19-3/h12,17H,4-10H2,1-3H3,(H,16,18). The topological polar surface area (TPSA) is 82.4 Å². The summed E-state index contributed by atoms with van der Waals surface area (Å²) in [7, 11) is 1.52. The summed E-state index contributed by atoms with van der Waals surface area (Å²) >= 11 is 0. The Bertz CT molecular complexity index is 294. The van der Waals surface area contributed by atoms with Crippen LogP contribution in [0, 0.1) is 16.7 Å². The van der Waals surface area contributed by atoms with Crippen molar-refractivity contribution < 1.29 is 14.6 Å². The molecule has 0 aromatic carbocycles. The first-order chi connectivity index (χ1) is 9.06. The van der Waals surface area contributed by atoms with Crippen LogP contribution in [0.4, 0.5) is 0 Å². The van der Waals surface area contributed by atoms with E-state index >= 15 is 0 Å². The second kappa shape index (κ2) is 9.76. The van der Waals surface area contributed by atoms with E-state index in [0.29, 0.717) is 25.8 Å². The number of amides is 1. The number of aliphatic hydroxyl groups excluding tert-OH is 1. The summed E-state index contributed by atoms with van der Waals surface area (Å²) in [5.41, 5.74) is -0.921. The summed E-state index contributed by atoms with van der Waals surface area (Å²) in [6.45, 7) is 4.55. The number of rotatable bonds is 10. The van der Waals surface area contributed by atoms with Gasteiger partial charge < -0.3 is 15.2 Å². The molecule has 0 aromatic heterocycles. The Morgan fingerprint density at radius 2 is 2.00 bits per heavy atom. The largest absolute Gasteiger partial charge is 0.391 e. The molecule has 0 heterocycles. The summed E-state index contributed by atoms with van der Waals surface area (Å²) in [5.74, 6) is -0.219. The first-order valence-corrected chi connectivity index (χ1v) is 6.92. The highest BCUT2D eigenvalue weighted by Crippen LogP contribution is 2.29. The average molecular weight is 270 g/mol. The number of aliphatic hydroxyl groups is 1. The fourth-order valence-corrected chi connectivity index (χ4v) is 2.17. The molecule has 0 aliphatic heterocycles. The van der Waals surface area contributed by atoms with Gasteiger partial charge in [-0.1, -0.05) is 26.7 Å². The second-order valence-electron chi connectivity index (χ2n) is 4.85. The number of nitrogens with zero attached hydrogens (tertiary/aromatic N) is 1. The van der Waals surface area contributed by atoms with Crippen LogP contribution in [0.25, 0.3) is 0 Å². The third-order valence-corrected chi connectivity index (χ3v) is 3.12. The Kier molecular flexibility index (Phi) is 9.19. The number of carbonyl (C=O) groups is 1. The predicted octanol–water partition coefficient (Wildman–Crippen LogP) is 1.61. The Balaban J connectivity index is 4.37. The van der Waals surface area contributed by atoms with E-state index in [0.717, 1.165) is 12.8 Å². The lowest BCUT2D eigenvalue weighted by Crippen LogP contribution is -2.41. The van der Waals surface area contributed by atoms with E-state index in [1.807, 2.05) is 13.8 Å². The van der Waals surface area contributed by atoms with Crippen molar-refractivity contribution in [3.63, 3.8) is 0 Å². The summed E-state index contributed by atoms with van der Waals surface area (Å²) in [5, 5.41) is 21.6. The van der Waals surface area contributed by atoms with Crippen LogP contribution in [0.3, 0.4) is 0 Å². The average Bonchev–Trinajstić information content (AvgIpc) is 2.38. The van der Waals surface area contributed by atoms with Crippen LogP contribution in [0.15, 0.2) is 0 Å². The second-order valence-corrected chi connectivity index (χ2v) is 4.85. The number of carbonyl (C=O) groups excluding carboxylic acids is 1. The Hall–Kier alpha value is -1.12. The zero-order valence-electron chi connectivity index (χ0n) is 12.2. The minimum Gasteiger partial charge on any atom is -0.391 e. The smallest absolute Gasteiger partial charge is 0.240 e. The molecular formula is C14H26N2O3. The highest BCUT2D eigenvalue weighted by atomic mass is 16.5. The molecule has 0 aliphatic carbocycles. The molecule has 0 bridgehead atoms. The lowest BCUT2D eigenvalue weighted by molar-refractivity contribution is -0.129. The molecule has 0 rings (SSSR count). The number of nitrogens with one attached hydrogen (secondary N) is 1. The maximum atomic E-state index is 12.2. The van der Waals surface area contributed by atoms with Crippen LogP contribution in [-0.2, 0) is 9.53 Å². The highest BCUT2D eigenvalue weighted by molar-refractivity contribution is 5.85. The van der Waals surface area contributed by atoms with Gasteiger partial charge >= 0.3 is 0 Å². The van der Waals surface area contributed by atoms with Crippen LogP contribution in [0.2, 0.25) is 0 Å². The normalized spacial score (nSPS) is 12.8. The molecule has 0 saturated carbocycles. The number of ether oxygens (including phenoxy) is 1. The van der Waals surface area contributed by atoms with Gasteiger partial charge in [0.2, 0.25) is 5.91 Å². The van der Waals surface area contributed by atoms with Gasteiger partial charge in [-0.25, -0.2) is 0 Å². The van der Waals surface area contributed by atoms with Crippen molar-refractivity contribution >= 4 is 5.91 Å². The van der Waals surface area contributed by atoms with E-state index in [2.05, 4.69) is 11.4 Å². The molecule has 0 fully saturated rings. The first-order valence-electron chi connectivity index (χ1n) is 6.92. The van der Waals surface area contributed by atoms with Crippen molar-refractivity contribution in [3.8, 4) is 6.07 Å². The summed E-state index contributed by atoms with van der Waals surface area (Å²) in [6, 6.07) is 2.18. The van der Waals surface area contributed by atoms with Gasteiger partial charge in [0, 0.05) is 13.7 Å². The molecule has 1 amide bonds. The molecule has 0 aromatic rings. The Labute approximate surface area is 115 Å². The van der Waals surface area contributed by atoms with Gasteiger partial charge in [-0.05, 0) is 19.3 Å². The van der Waals surface area contributed by atoms with Gasteiger partial charge in [-0.2, -0.15) is 5.26 Å². The molecule has 0 aliphatic rings. The lowest BCUT2D eigenvalue weighted by Gasteiger charge is -2.24. The summed E-state index contributed by atoms with van der Waals surface area (Å²) in [6.07, 6.45) is 2.59. The zero-order valence-corrected chi connectivity index (χ0v) is 12.2. The van der Waals surface area contributed by atoms with E-state index < -0.39 is 11.5 Å². The van der Waals surface area contributed by atoms with E-state index in [4.69, 9.17) is 4.74 Å². The van der Waals surface area contributed by atoms with Crippen LogP contribution in [0.1, 0.15) is 46.0 Å². The molecule has 19 heavy (non-hydrogen) atoms. The molecule has 110 valence electrons. The maximum absolute atomic E-state index is 12.2. The molecule has 0 radical (unpaired) electrons. The zero-order chi connectivity index (χ0) is 14.7. The van der Waals surface area contributed by atoms with Crippen LogP contribution in [0.5, 0.6) is 0 Å². The first kappa shape index (κ1) is 17.9. The highest BCUT2D eigenvalue weighted by Gasteiger charge is 2.36. The SMILES string of the molecule is CCCC(C#N)(CCC)C(=O)NCCC(O)COC. The van der Waals surface area contributed by atoms with Crippen molar-refractivity contribution in [2.75, 3.05) is 20.3 Å². The van der Waals surface area contributed by atoms with Crippen LogP contribution in [-0.4, -0.2) is 37.4 Å². The van der Waals surface area contributed by atoms with Gasteiger partial charge in [0.25, 0.3) is 0 Å². The Morgan fingerprint density at radius 1 is 1.42 bits per heavy atom. The molecule has 2 N–H and O–H groups in total. The minimum absolute atomic E-state index is 0.219. The van der Waals surface area contributed by atoms with Gasteiger partial charge in [0.05, 0.1) is 18.8 Å². The van der Waals surface area contributed by atoms with E-state index in [1.165, 1.54) is 7.11 Å². The number of hydrogen-bond donors (Lipinski definition) is 2. The molecular weight excluding hydrogens is 244 g/mol. The van der Waals surface area contributed by atoms with Crippen molar-refractivity contribution in [2.45, 2.75) is 52.1 Å². The van der Waals surface area contributed by atoms with E-state index in [9.17, 15) is 15.2 Å². The van der Waals surface area contributed by atoms with Gasteiger partial charge in [0.15, 0.2) is 0 Å². The van der Waals surface area contributed by atoms with Gasteiger partial charge in [-0.15, -0.1) is 0 Å².